The molecule has 1 aliphatic heterocycles. The molecule has 138 valence electrons. The Kier molecular flexibility index (Phi) is 6.12. The summed E-state index contributed by atoms with van der Waals surface area (Å²) in [7, 11) is 1.66. The lowest BCUT2D eigenvalue weighted by Crippen LogP contribution is -2.42. The number of benzene rings is 2. The van der Waals surface area contributed by atoms with E-state index in [1.54, 1.807) is 7.11 Å². The van der Waals surface area contributed by atoms with Crippen LogP contribution in [0.15, 0.2) is 48.5 Å². The fourth-order valence-corrected chi connectivity index (χ4v) is 3.44. The molecule has 2 aromatic rings. The number of nitrogens with zero attached hydrogens (tertiary/aromatic N) is 1. The van der Waals surface area contributed by atoms with Crippen LogP contribution in [-0.4, -0.2) is 43.7 Å². The Hall–Kier alpha value is -2.53. The van der Waals surface area contributed by atoms with E-state index in [2.05, 4.69) is 15.5 Å². The van der Waals surface area contributed by atoms with E-state index in [1.807, 2.05) is 55.5 Å². The van der Waals surface area contributed by atoms with Gasteiger partial charge in [0.15, 0.2) is 0 Å². The van der Waals surface area contributed by atoms with E-state index in [0.29, 0.717) is 0 Å². The highest BCUT2D eigenvalue weighted by atomic mass is 16.5. The molecule has 3 rings (SSSR count). The van der Waals surface area contributed by atoms with Crippen LogP contribution in [0.5, 0.6) is 5.75 Å². The number of para-hydroxylation sites is 1. The summed E-state index contributed by atoms with van der Waals surface area (Å²) in [5.41, 5.74) is 2.77. The number of amides is 2. The Morgan fingerprint density at radius 3 is 2.69 bits per heavy atom. The molecule has 26 heavy (non-hydrogen) atoms. The lowest BCUT2D eigenvalue weighted by molar-refractivity contribution is 0.242. The molecular weight excluding hydrogens is 326 g/mol. The van der Waals surface area contributed by atoms with Crippen molar-refractivity contribution in [3.05, 3.63) is 48.5 Å². The van der Waals surface area contributed by atoms with E-state index in [-0.39, 0.29) is 12.1 Å². The summed E-state index contributed by atoms with van der Waals surface area (Å²) in [6.45, 7) is 5.21. The smallest absolute Gasteiger partial charge is 0.319 e. The SMILES string of the molecule is COc1ccccc1-c1cccc(NC(=O)NC(C)CN2CCCC2)c1. The van der Waals surface area contributed by atoms with Gasteiger partial charge in [-0.3, -0.25) is 0 Å². The molecule has 1 atom stereocenters. The van der Waals surface area contributed by atoms with Crippen LogP contribution in [0.3, 0.4) is 0 Å². The van der Waals surface area contributed by atoms with Gasteiger partial charge in [0.2, 0.25) is 0 Å². The molecule has 0 saturated carbocycles. The molecule has 1 unspecified atom stereocenters. The van der Waals surface area contributed by atoms with E-state index >= 15 is 0 Å². The van der Waals surface area contributed by atoms with Gasteiger partial charge in [0.05, 0.1) is 7.11 Å². The molecule has 1 saturated heterocycles. The topological polar surface area (TPSA) is 53.6 Å². The fourth-order valence-electron chi connectivity index (χ4n) is 3.44. The first kappa shape index (κ1) is 18.3. The molecular formula is C21H27N3O2. The third-order valence-electron chi connectivity index (χ3n) is 4.65. The molecule has 0 aromatic heterocycles. The number of urea groups is 1. The van der Waals surface area contributed by atoms with Gasteiger partial charge in [-0.15, -0.1) is 0 Å². The number of likely N-dealkylation sites (tertiary alicyclic amines) is 1. The van der Waals surface area contributed by atoms with Crippen molar-refractivity contribution in [3.63, 3.8) is 0 Å². The number of carbonyl (C=O) groups excluding carboxylic acids is 1. The first-order valence-corrected chi connectivity index (χ1v) is 9.19. The van der Waals surface area contributed by atoms with Crippen LogP contribution in [0.2, 0.25) is 0 Å². The van der Waals surface area contributed by atoms with Gasteiger partial charge in [0, 0.05) is 23.8 Å². The molecule has 1 aliphatic rings. The predicted molar refractivity (Wildman–Crippen MR) is 106 cm³/mol. The van der Waals surface area contributed by atoms with Crippen LogP contribution in [-0.2, 0) is 0 Å². The van der Waals surface area contributed by atoms with Gasteiger partial charge >= 0.3 is 6.03 Å². The molecule has 1 heterocycles. The van der Waals surface area contributed by atoms with Crippen LogP contribution in [0.4, 0.5) is 10.5 Å². The molecule has 5 heteroatoms. The fraction of sp³-hybridized carbons (Fsp3) is 0.381. The van der Waals surface area contributed by atoms with Gasteiger partial charge in [0.1, 0.15) is 5.75 Å². The number of hydrogen-bond donors (Lipinski definition) is 2. The van der Waals surface area contributed by atoms with Crippen molar-refractivity contribution in [2.45, 2.75) is 25.8 Å². The van der Waals surface area contributed by atoms with Crippen molar-refractivity contribution in [3.8, 4) is 16.9 Å². The summed E-state index contributed by atoms with van der Waals surface area (Å²) >= 11 is 0. The second-order valence-corrected chi connectivity index (χ2v) is 6.79. The number of hydrogen-bond acceptors (Lipinski definition) is 3. The zero-order valence-electron chi connectivity index (χ0n) is 15.5. The normalized spacial score (nSPS) is 15.5. The second-order valence-electron chi connectivity index (χ2n) is 6.79. The third-order valence-corrected chi connectivity index (χ3v) is 4.65. The minimum atomic E-state index is -0.172. The van der Waals surface area contributed by atoms with Crippen LogP contribution in [0.1, 0.15) is 19.8 Å². The van der Waals surface area contributed by atoms with Gasteiger partial charge in [-0.25, -0.2) is 4.79 Å². The molecule has 0 bridgehead atoms. The molecule has 5 nitrogen and oxygen atoms in total. The lowest BCUT2D eigenvalue weighted by Gasteiger charge is -2.21. The minimum Gasteiger partial charge on any atom is -0.496 e. The lowest BCUT2D eigenvalue weighted by atomic mass is 10.0. The number of nitrogens with one attached hydrogen (secondary N) is 2. The van der Waals surface area contributed by atoms with Gasteiger partial charge in [-0.05, 0) is 56.6 Å². The number of carbonyl (C=O) groups is 1. The highest BCUT2D eigenvalue weighted by Gasteiger charge is 2.16. The number of rotatable bonds is 6. The van der Waals surface area contributed by atoms with Crippen LogP contribution in [0.25, 0.3) is 11.1 Å². The van der Waals surface area contributed by atoms with E-state index in [1.165, 1.54) is 12.8 Å². The van der Waals surface area contributed by atoms with Crippen molar-refractivity contribution >= 4 is 11.7 Å². The van der Waals surface area contributed by atoms with E-state index < -0.39 is 0 Å². The first-order chi connectivity index (χ1) is 12.7. The summed E-state index contributed by atoms with van der Waals surface area (Å²) in [6, 6.07) is 15.6. The van der Waals surface area contributed by atoms with E-state index in [4.69, 9.17) is 4.74 Å². The molecule has 0 aliphatic carbocycles. The summed E-state index contributed by atoms with van der Waals surface area (Å²) in [6.07, 6.45) is 2.52. The number of ether oxygens (including phenoxy) is 1. The Balaban J connectivity index is 1.62. The zero-order valence-corrected chi connectivity index (χ0v) is 15.5. The summed E-state index contributed by atoms with van der Waals surface area (Å²) < 4.78 is 5.43. The predicted octanol–water partition coefficient (Wildman–Crippen LogP) is 3.97. The summed E-state index contributed by atoms with van der Waals surface area (Å²) in [5.74, 6) is 0.813. The molecule has 2 N–H and O–H groups in total. The van der Waals surface area contributed by atoms with Crippen LogP contribution in [0, 0.1) is 0 Å². The van der Waals surface area contributed by atoms with Crippen molar-refractivity contribution in [2.75, 3.05) is 32.1 Å². The molecule has 0 radical (unpaired) electrons. The number of methoxy groups -OCH3 is 1. The maximum atomic E-state index is 12.3. The second kappa shape index (κ2) is 8.72. The maximum Gasteiger partial charge on any atom is 0.319 e. The van der Waals surface area contributed by atoms with Gasteiger partial charge < -0.3 is 20.3 Å². The summed E-state index contributed by atoms with van der Waals surface area (Å²) in [4.78, 5) is 14.7. The van der Waals surface area contributed by atoms with Crippen molar-refractivity contribution in [1.29, 1.82) is 0 Å². The quantitative estimate of drug-likeness (QED) is 0.826. The Bertz CT molecular complexity index is 742. The standard InChI is InChI=1S/C21H27N3O2/c1-16(15-24-12-5-6-13-24)22-21(25)23-18-9-7-8-17(14-18)19-10-3-4-11-20(19)26-2/h3-4,7-11,14,16H,5-6,12-13,15H2,1-2H3,(H2,22,23,25). The van der Waals surface area contributed by atoms with Crippen LogP contribution < -0.4 is 15.4 Å². The zero-order chi connectivity index (χ0) is 18.4. The Labute approximate surface area is 155 Å². The van der Waals surface area contributed by atoms with Crippen molar-refractivity contribution in [2.24, 2.45) is 0 Å². The third kappa shape index (κ3) is 4.76. The maximum absolute atomic E-state index is 12.3. The average molecular weight is 353 g/mol. The minimum absolute atomic E-state index is 0.116. The first-order valence-electron chi connectivity index (χ1n) is 9.19. The number of anilines is 1. The molecule has 0 spiro atoms. The molecule has 1 fully saturated rings. The largest absolute Gasteiger partial charge is 0.496 e. The van der Waals surface area contributed by atoms with Crippen molar-refractivity contribution < 1.29 is 9.53 Å². The van der Waals surface area contributed by atoms with E-state index in [9.17, 15) is 4.79 Å². The van der Waals surface area contributed by atoms with Gasteiger partial charge in [-0.1, -0.05) is 30.3 Å². The Morgan fingerprint density at radius 2 is 1.92 bits per heavy atom. The van der Waals surface area contributed by atoms with Gasteiger partial charge in [-0.2, -0.15) is 0 Å². The molecule has 2 aromatic carbocycles. The average Bonchev–Trinajstić information content (AvgIpc) is 3.14. The molecule has 2 amide bonds. The van der Waals surface area contributed by atoms with E-state index in [0.717, 1.165) is 42.2 Å². The highest BCUT2D eigenvalue weighted by molar-refractivity contribution is 5.90. The highest BCUT2D eigenvalue weighted by Crippen LogP contribution is 2.30. The van der Waals surface area contributed by atoms with Gasteiger partial charge in [0.25, 0.3) is 0 Å². The van der Waals surface area contributed by atoms with Crippen LogP contribution >= 0.6 is 0 Å². The summed E-state index contributed by atoms with van der Waals surface area (Å²) in [5, 5.41) is 5.96. The Morgan fingerprint density at radius 1 is 1.15 bits per heavy atom. The van der Waals surface area contributed by atoms with Crippen molar-refractivity contribution in [1.82, 2.24) is 10.2 Å². The monoisotopic (exact) mass is 353 g/mol.